The molecule has 6 atom stereocenters. The maximum Gasteiger partial charge on any atom is 0.330 e. The van der Waals surface area contributed by atoms with E-state index in [2.05, 4.69) is 26.3 Å². The molecule has 0 rings (SSSR count). The van der Waals surface area contributed by atoms with E-state index in [1.807, 2.05) is 0 Å². The lowest BCUT2D eigenvalue weighted by Crippen LogP contribution is -2.49. The van der Waals surface area contributed by atoms with Crippen molar-refractivity contribution in [2.24, 2.45) is 11.8 Å². The first kappa shape index (κ1) is 33.1. The summed E-state index contributed by atoms with van der Waals surface area (Å²) in [6.07, 6.45) is -0.883. The summed E-state index contributed by atoms with van der Waals surface area (Å²) < 4.78 is 26.6. The molecule has 0 bridgehead atoms. The van der Waals surface area contributed by atoms with Gasteiger partial charge in [-0.25, -0.2) is 9.59 Å². The van der Waals surface area contributed by atoms with Crippen LogP contribution in [-0.4, -0.2) is 73.1 Å². The van der Waals surface area contributed by atoms with E-state index >= 15 is 0 Å². The van der Waals surface area contributed by atoms with Crippen LogP contribution in [0.2, 0.25) is 0 Å². The molecule has 0 saturated heterocycles. The Balaban J connectivity index is 6.32. The monoisotopic (exact) mass is 522 g/mol. The minimum Gasteiger partial charge on any atom is -0.462 e. The quantitative estimate of drug-likeness (QED) is 0.112. The summed E-state index contributed by atoms with van der Waals surface area (Å²) in [5, 5.41) is 0. The molecule has 0 aliphatic heterocycles. The van der Waals surface area contributed by atoms with E-state index in [-0.39, 0.29) is 0 Å². The van der Waals surface area contributed by atoms with Gasteiger partial charge in [-0.3, -0.25) is 19.2 Å². The lowest BCUT2D eigenvalue weighted by atomic mass is 9.92. The highest BCUT2D eigenvalue weighted by Gasteiger charge is 2.41. The summed E-state index contributed by atoms with van der Waals surface area (Å²) in [7, 11) is 0. The summed E-state index contributed by atoms with van der Waals surface area (Å²) in [4.78, 5) is 71.7. The minimum absolute atomic E-state index is 0.467. The number of carbonyl (C=O) groups is 6. The van der Waals surface area contributed by atoms with E-state index in [0.717, 1.165) is 26.0 Å². The Morgan fingerprint density at radius 2 is 0.946 bits per heavy atom. The number of hydrogen-bond donors (Lipinski definition) is 0. The van der Waals surface area contributed by atoms with Gasteiger partial charge in [-0.2, -0.15) is 0 Å². The average molecular weight is 523 g/mol. The van der Waals surface area contributed by atoms with Crippen molar-refractivity contribution >= 4 is 35.4 Å². The van der Waals surface area contributed by atoms with Crippen LogP contribution in [0.4, 0.5) is 0 Å². The van der Waals surface area contributed by atoms with Gasteiger partial charge in [0.05, 0.1) is 11.8 Å². The molecule has 0 aromatic rings. The molecule has 6 unspecified atom stereocenters. The van der Waals surface area contributed by atoms with Gasteiger partial charge in [-0.05, 0) is 13.8 Å². The summed E-state index contributed by atoms with van der Waals surface area (Å²) in [6, 6.07) is 0. The van der Waals surface area contributed by atoms with Crippen LogP contribution in [0, 0.1) is 11.8 Å². The summed E-state index contributed by atoms with van der Waals surface area (Å²) in [6.45, 7) is 17.6. The third-order valence-corrected chi connectivity index (χ3v) is 5.01. The normalized spacial score (nSPS) is 15.2. The van der Waals surface area contributed by atoms with E-state index in [0.29, 0.717) is 0 Å². The number of esters is 4. The van der Waals surface area contributed by atoms with E-state index in [4.69, 9.17) is 23.7 Å². The van der Waals surface area contributed by atoms with Crippen molar-refractivity contribution < 1.29 is 52.5 Å². The molecule has 0 aliphatic carbocycles. The number of hydrogen-bond acceptors (Lipinski definition) is 11. The standard InChI is InChI=1S/C26H34O11/c1-9-21(25(35-17(7)29)19(15(5)27)13-33-23(31)11-3)37-22(10-2)26(36-18(8)30)20(16(6)28)14-34-24(32)12-4/h9-12,19-22,25-26H,1-4,13-14H2,5-8H3. The first-order valence-corrected chi connectivity index (χ1v) is 11.2. The number of ether oxygens (including phenoxy) is 5. The molecule has 0 saturated carbocycles. The Morgan fingerprint density at radius 3 is 1.16 bits per heavy atom. The maximum atomic E-state index is 12.4. The first-order chi connectivity index (χ1) is 17.3. The number of rotatable bonds is 18. The molecule has 0 heterocycles. The molecule has 0 radical (unpaired) electrons. The number of carbonyl (C=O) groups excluding carboxylic acids is 6. The van der Waals surface area contributed by atoms with Gasteiger partial charge < -0.3 is 23.7 Å². The van der Waals surface area contributed by atoms with Gasteiger partial charge in [-0.1, -0.05) is 25.3 Å². The highest BCUT2D eigenvalue weighted by atomic mass is 16.6. The molecule has 0 aromatic heterocycles. The van der Waals surface area contributed by atoms with Crippen LogP contribution in [0.15, 0.2) is 50.6 Å². The Labute approximate surface area is 216 Å². The number of ketones is 2. The van der Waals surface area contributed by atoms with Gasteiger partial charge in [-0.15, -0.1) is 13.2 Å². The van der Waals surface area contributed by atoms with E-state index in [1.54, 1.807) is 0 Å². The van der Waals surface area contributed by atoms with Crippen molar-refractivity contribution in [1.82, 2.24) is 0 Å². The molecule has 37 heavy (non-hydrogen) atoms. The van der Waals surface area contributed by atoms with Crippen LogP contribution in [0.5, 0.6) is 0 Å². The molecular weight excluding hydrogens is 488 g/mol. The van der Waals surface area contributed by atoms with Crippen LogP contribution in [0.1, 0.15) is 27.7 Å². The molecule has 11 nitrogen and oxygen atoms in total. The highest BCUT2D eigenvalue weighted by Crippen LogP contribution is 2.25. The van der Waals surface area contributed by atoms with Gasteiger partial charge in [0.15, 0.2) is 0 Å². The lowest BCUT2D eigenvalue weighted by molar-refractivity contribution is -0.176. The Kier molecular flexibility index (Phi) is 15.0. The molecular formula is C26H34O11. The molecule has 0 aromatic carbocycles. The van der Waals surface area contributed by atoms with Gasteiger partial charge >= 0.3 is 23.9 Å². The van der Waals surface area contributed by atoms with Crippen molar-refractivity contribution in [3.8, 4) is 0 Å². The summed E-state index contributed by atoms with van der Waals surface area (Å²) >= 11 is 0. The van der Waals surface area contributed by atoms with Gasteiger partial charge in [0.25, 0.3) is 0 Å². The Morgan fingerprint density at radius 1 is 0.622 bits per heavy atom. The third kappa shape index (κ3) is 11.6. The molecule has 204 valence electrons. The topological polar surface area (TPSA) is 149 Å². The highest BCUT2D eigenvalue weighted by molar-refractivity contribution is 5.83. The van der Waals surface area contributed by atoms with Gasteiger partial charge in [0.2, 0.25) is 0 Å². The van der Waals surface area contributed by atoms with Crippen molar-refractivity contribution in [2.75, 3.05) is 13.2 Å². The first-order valence-electron chi connectivity index (χ1n) is 11.2. The van der Waals surface area contributed by atoms with E-state index < -0.39 is 84.9 Å². The Hall–Kier alpha value is -3.86. The van der Waals surface area contributed by atoms with Crippen LogP contribution in [-0.2, 0) is 52.5 Å². The molecule has 11 heteroatoms. The molecule has 0 aliphatic rings. The van der Waals surface area contributed by atoms with E-state index in [1.165, 1.54) is 26.0 Å². The largest absolute Gasteiger partial charge is 0.462 e. The average Bonchev–Trinajstić information content (AvgIpc) is 2.82. The van der Waals surface area contributed by atoms with Crippen LogP contribution >= 0.6 is 0 Å². The van der Waals surface area contributed by atoms with Gasteiger partial charge in [0, 0.05) is 26.0 Å². The molecule has 0 spiro atoms. The fourth-order valence-electron chi connectivity index (χ4n) is 3.20. The Bertz CT molecular complexity index is 832. The van der Waals surface area contributed by atoms with Gasteiger partial charge in [0.1, 0.15) is 49.2 Å². The number of Topliss-reactive ketones (excluding diaryl/α,β-unsaturated/α-hetero) is 2. The molecule has 0 N–H and O–H groups in total. The lowest BCUT2D eigenvalue weighted by Gasteiger charge is -2.35. The zero-order valence-corrected chi connectivity index (χ0v) is 21.5. The van der Waals surface area contributed by atoms with Crippen molar-refractivity contribution in [3.05, 3.63) is 50.6 Å². The van der Waals surface area contributed by atoms with Crippen LogP contribution < -0.4 is 0 Å². The van der Waals surface area contributed by atoms with E-state index in [9.17, 15) is 28.8 Å². The maximum absolute atomic E-state index is 12.4. The second-order valence-electron chi connectivity index (χ2n) is 7.79. The predicted molar refractivity (Wildman–Crippen MR) is 131 cm³/mol. The zero-order valence-electron chi connectivity index (χ0n) is 21.5. The van der Waals surface area contributed by atoms with Crippen molar-refractivity contribution in [3.63, 3.8) is 0 Å². The predicted octanol–water partition coefficient (Wildman–Crippen LogP) is 1.84. The smallest absolute Gasteiger partial charge is 0.330 e. The second kappa shape index (κ2) is 16.7. The van der Waals surface area contributed by atoms with Crippen molar-refractivity contribution in [2.45, 2.75) is 52.1 Å². The SMILES string of the molecule is C=CC(=O)OCC(C(C)=O)C(OC(C)=O)C(C=C)OC(C=C)C(OC(C)=O)C(COC(=O)C=C)C(C)=O. The molecule has 0 fully saturated rings. The van der Waals surface area contributed by atoms with Crippen LogP contribution in [0.25, 0.3) is 0 Å². The minimum atomic E-state index is -1.33. The third-order valence-electron chi connectivity index (χ3n) is 5.01. The molecule has 0 amide bonds. The summed E-state index contributed by atoms with van der Waals surface area (Å²) in [5.41, 5.74) is 0. The fourth-order valence-corrected chi connectivity index (χ4v) is 3.20. The van der Waals surface area contributed by atoms with Crippen molar-refractivity contribution in [1.29, 1.82) is 0 Å². The zero-order chi connectivity index (χ0) is 28.7. The fraction of sp³-hybridized carbons (Fsp3) is 0.462. The van der Waals surface area contributed by atoms with Crippen LogP contribution in [0.3, 0.4) is 0 Å². The summed E-state index contributed by atoms with van der Waals surface area (Å²) in [5.74, 6) is -6.50. The second-order valence-corrected chi connectivity index (χ2v) is 7.79.